The second-order valence-electron chi connectivity index (χ2n) is 6.15. The lowest BCUT2D eigenvalue weighted by Crippen LogP contribution is -2.06. The summed E-state index contributed by atoms with van der Waals surface area (Å²) in [5.74, 6) is -2.89. The quantitative estimate of drug-likeness (QED) is 0.557. The van der Waals surface area contributed by atoms with Crippen molar-refractivity contribution < 1.29 is 8.78 Å². The van der Waals surface area contributed by atoms with Crippen LogP contribution in [-0.4, -0.2) is 24.7 Å². The Bertz CT molecular complexity index is 1050. The first-order chi connectivity index (χ1) is 12.5. The predicted octanol–water partition coefficient (Wildman–Crippen LogP) is 4.05. The van der Waals surface area contributed by atoms with Crippen LogP contribution in [0, 0.1) is 0 Å². The van der Waals surface area contributed by atoms with Gasteiger partial charge in [-0.05, 0) is 17.7 Å². The highest BCUT2D eigenvalue weighted by Gasteiger charge is 2.24. The van der Waals surface area contributed by atoms with Crippen LogP contribution in [0.3, 0.4) is 0 Å². The summed E-state index contributed by atoms with van der Waals surface area (Å²) in [4.78, 5) is 12.4. The number of alkyl halides is 2. The first-order valence-corrected chi connectivity index (χ1v) is 8.05. The van der Waals surface area contributed by atoms with Gasteiger partial charge in [-0.3, -0.25) is 9.67 Å². The minimum Gasteiger partial charge on any atom is -0.259 e. The third kappa shape index (κ3) is 3.15. The molecule has 0 aliphatic rings. The van der Waals surface area contributed by atoms with E-state index in [9.17, 15) is 8.78 Å². The highest BCUT2D eigenvalue weighted by Crippen LogP contribution is 2.31. The number of halogens is 2. The standard InChI is InChI=1S/C19H15F2N5/c1-19(20,21)16-4-2-3-14(5-16)15-6-18-17(24-9-15)10-25-26(18)11-13-7-22-12-23-8-13/h2-10,12H,11H2,1H3. The van der Waals surface area contributed by atoms with E-state index in [2.05, 4.69) is 20.1 Å². The predicted molar refractivity (Wildman–Crippen MR) is 93.7 cm³/mol. The molecule has 130 valence electrons. The lowest BCUT2D eigenvalue weighted by Gasteiger charge is -2.12. The van der Waals surface area contributed by atoms with Gasteiger partial charge in [-0.1, -0.05) is 18.2 Å². The zero-order chi connectivity index (χ0) is 18.1. The summed E-state index contributed by atoms with van der Waals surface area (Å²) in [5.41, 5.74) is 3.90. The van der Waals surface area contributed by atoms with Crippen molar-refractivity contribution in [3.8, 4) is 11.1 Å². The van der Waals surface area contributed by atoms with Crippen molar-refractivity contribution in [1.82, 2.24) is 24.7 Å². The summed E-state index contributed by atoms with van der Waals surface area (Å²) in [5, 5.41) is 4.36. The number of pyridine rings is 1. The third-order valence-electron chi connectivity index (χ3n) is 4.14. The van der Waals surface area contributed by atoms with Gasteiger partial charge in [0.15, 0.2) is 0 Å². The molecule has 0 N–H and O–H groups in total. The zero-order valence-corrected chi connectivity index (χ0v) is 14.0. The molecule has 0 fully saturated rings. The number of fused-ring (bicyclic) bond motifs is 1. The van der Waals surface area contributed by atoms with E-state index in [1.807, 2.05) is 6.07 Å². The van der Waals surface area contributed by atoms with Crippen molar-refractivity contribution in [3.05, 3.63) is 72.6 Å². The molecule has 0 saturated heterocycles. The van der Waals surface area contributed by atoms with Gasteiger partial charge in [-0.15, -0.1) is 0 Å². The number of hydrogen-bond acceptors (Lipinski definition) is 4. The molecule has 7 heteroatoms. The van der Waals surface area contributed by atoms with E-state index in [0.29, 0.717) is 12.1 Å². The van der Waals surface area contributed by atoms with Crippen molar-refractivity contribution in [2.75, 3.05) is 0 Å². The van der Waals surface area contributed by atoms with Crippen LogP contribution >= 0.6 is 0 Å². The number of benzene rings is 1. The first-order valence-electron chi connectivity index (χ1n) is 8.05. The average Bonchev–Trinajstić information content (AvgIpc) is 3.04. The zero-order valence-electron chi connectivity index (χ0n) is 14.0. The Labute approximate surface area is 148 Å². The van der Waals surface area contributed by atoms with Gasteiger partial charge in [0.1, 0.15) is 11.8 Å². The fourth-order valence-electron chi connectivity index (χ4n) is 2.80. The van der Waals surface area contributed by atoms with Crippen molar-refractivity contribution in [3.63, 3.8) is 0 Å². The van der Waals surface area contributed by atoms with Gasteiger partial charge < -0.3 is 0 Å². The van der Waals surface area contributed by atoms with Crippen LogP contribution in [0.15, 0.2) is 61.4 Å². The smallest absolute Gasteiger partial charge is 0.259 e. The van der Waals surface area contributed by atoms with Gasteiger partial charge in [0.05, 0.1) is 18.3 Å². The van der Waals surface area contributed by atoms with Gasteiger partial charge in [0, 0.05) is 42.2 Å². The second kappa shape index (κ2) is 6.25. The van der Waals surface area contributed by atoms with Gasteiger partial charge in [0.2, 0.25) is 0 Å². The van der Waals surface area contributed by atoms with E-state index in [0.717, 1.165) is 29.1 Å². The van der Waals surface area contributed by atoms with Crippen molar-refractivity contribution in [2.24, 2.45) is 0 Å². The molecule has 0 unspecified atom stereocenters. The largest absolute Gasteiger partial charge is 0.270 e. The van der Waals surface area contributed by atoms with Crippen molar-refractivity contribution >= 4 is 11.0 Å². The van der Waals surface area contributed by atoms with Crippen LogP contribution < -0.4 is 0 Å². The maximum Gasteiger partial charge on any atom is 0.270 e. The number of aromatic nitrogens is 5. The lowest BCUT2D eigenvalue weighted by molar-refractivity contribution is 0.0175. The molecule has 3 aromatic heterocycles. The maximum absolute atomic E-state index is 13.6. The van der Waals surface area contributed by atoms with Crippen LogP contribution in [-0.2, 0) is 12.5 Å². The first kappa shape index (κ1) is 16.3. The van der Waals surface area contributed by atoms with E-state index in [1.54, 1.807) is 41.6 Å². The third-order valence-corrected chi connectivity index (χ3v) is 4.14. The molecule has 0 aliphatic heterocycles. The normalized spacial score (nSPS) is 11.8. The molecule has 26 heavy (non-hydrogen) atoms. The molecule has 0 bridgehead atoms. The summed E-state index contributed by atoms with van der Waals surface area (Å²) < 4.78 is 29.0. The lowest BCUT2D eigenvalue weighted by atomic mass is 10.0. The molecular formula is C19H15F2N5. The Morgan fingerprint density at radius 2 is 1.81 bits per heavy atom. The summed E-state index contributed by atoms with van der Waals surface area (Å²) in [6.45, 7) is 1.40. The molecule has 4 rings (SSSR count). The summed E-state index contributed by atoms with van der Waals surface area (Å²) >= 11 is 0. The molecule has 0 saturated carbocycles. The highest BCUT2D eigenvalue weighted by molar-refractivity contribution is 5.80. The molecule has 4 aromatic rings. The van der Waals surface area contributed by atoms with Crippen molar-refractivity contribution in [2.45, 2.75) is 19.4 Å². The minimum absolute atomic E-state index is 0.0231. The maximum atomic E-state index is 13.6. The Morgan fingerprint density at radius 1 is 1.00 bits per heavy atom. The Hall–Kier alpha value is -3.22. The second-order valence-corrected chi connectivity index (χ2v) is 6.15. The van der Waals surface area contributed by atoms with E-state index >= 15 is 0 Å². The summed E-state index contributed by atoms with van der Waals surface area (Å²) in [7, 11) is 0. The summed E-state index contributed by atoms with van der Waals surface area (Å²) in [6.07, 6.45) is 8.28. The van der Waals surface area contributed by atoms with E-state index < -0.39 is 5.92 Å². The number of nitrogens with zero attached hydrogens (tertiary/aromatic N) is 5. The molecule has 0 aliphatic carbocycles. The van der Waals surface area contributed by atoms with E-state index in [4.69, 9.17) is 0 Å². The van der Waals surface area contributed by atoms with Crippen LogP contribution in [0.2, 0.25) is 0 Å². The highest BCUT2D eigenvalue weighted by atomic mass is 19.3. The minimum atomic E-state index is -2.89. The van der Waals surface area contributed by atoms with Crippen LogP contribution in [0.1, 0.15) is 18.1 Å². The number of rotatable bonds is 4. The van der Waals surface area contributed by atoms with Gasteiger partial charge in [-0.25, -0.2) is 18.7 Å². The van der Waals surface area contributed by atoms with Crippen LogP contribution in [0.25, 0.3) is 22.2 Å². The van der Waals surface area contributed by atoms with E-state index in [-0.39, 0.29) is 5.56 Å². The Kier molecular flexibility index (Phi) is 3.91. The van der Waals surface area contributed by atoms with Gasteiger partial charge >= 0.3 is 0 Å². The Morgan fingerprint density at radius 3 is 2.58 bits per heavy atom. The van der Waals surface area contributed by atoms with Gasteiger partial charge in [0.25, 0.3) is 5.92 Å². The average molecular weight is 351 g/mol. The molecular weight excluding hydrogens is 336 g/mol. The molecule has 0 spiro atoms. The Balaban J connectivity index is 1.75. The SMILES string of the molecule is CC(F)(F)c1cccc(-c2cnc3cnn(Cc4cncnc4)c3c2)c1. The molecule has 0 atom stereocenters. The molecule has 5 nitrogen and oxygen atoms in total. The fourth-order valence-corrected chi connectivity index (χ4v) is 2.80. The van der Waals surface area contributed by atoms with Crippen LogP contribution in [0.5, 0.6) is 0 Å². The van der Waals surface area contributed by atoms with Crippen molar-refractivity contribution in [1.29, 1.82) is 0 Å². The fraction of sp³-hybridized carbons (Fsp3) is 0.158. The molecule has 1 aromatic carbocycles. The monoisotopic (exact) mass is 351 g/mol. The van der Waals surface area contributed by atoms with Crippen LogP contribution in [0.4, 0.5) is 8.78 Å². The molecule has 0 radical (unpaired) electrons. The molecule has 3 heterocycles. The number of hydrogen-bond donors (Lipinski definition) is 0. The van der Waals surface area contributed by atoms with E-state index in [1.165, 1.54) is 18.5 Å². The molecule has 0 amide bonds. The topological polar surface area (TPSA) is 56.5 Å². The van der Waals surface area contributed by atoms with Gasteiger partial charge in [-0.2, -0.15) is 5.10 Å². The summed E-state index contributed by atoms with van der Waals surface area (Å²) in [6, 6.07) is 8.25.